The average molecular weight is 271 g/mol. The summed E-state index contributed by atoms with van der Waals surface area (Å²) < 4.78 is 61.6. The summed E-state index contributed by atoms with van der Waals surface area (Å²) in [6, 6.07) is 2.43. The normalized spacial score (nSPS) is 12.9. The molecule has 0 spiro atoms. The quantitative estimate of drug-likeness (QED) is 0.497. The molecule has 0 aliphatic heterocycles. The number of anilines is 1. The van der Waals surface area contributed by atoms with E-state index < -0.39 is 23.2 Å². The molecule has 0 atom stereocenters. The fraction of sp³-hybridized carbons (Fsp3) is 0.400. The van der Waals surface area contributed by atoms with Crippen LogP contribution in [0, 0.1) is 13.8 Å². The second-order valence-electron chi connectivity index (χ2n) is 3.59. The third-order valence-corrected chi connectivity index (χ3v) is 3.10. The predicted octanol–water partition coefficient (Wildman–Crippen LogP) is 4.13. The fourth-order valence-corrected chi connectivity index (χ4v) is 2.08. The van der Waals surface area contributed by atoms with E-state index in [1.165, 1.54) is 12.1 Å². The molecule has 0 radical (unpaired) electrons. The van der Waals surface area contributed by atoms with Crippen LogP contribution in [0.2, 0.25) is 0 Å². The summed E-state index contributed by atoms with van der Waals surface area (Å²) >= 11 is -0.524. The van der Waals surface area contributed by atoms with E-state index in [-0.39, 0.29) is 4.90 Å². The van der Waals surface area contributed by atoms with Crippen LogP contribution in [0.25, 0.3) is 0 Å². The van der Waals surface area contributed by atoms with E-state index in [2.05, 4.69) is 0 Å². The molecular weight excluding hydrogens is 261 g/mol. The van der Waals surface area contributed by atoms with E-state index >= 15 is 0 Å². The monoisotopic (exact) mass is 271 g/mol. The third-order valence-electron chi connectivity index (χ3n) is 2.14. The number of thioether (sulfide) groups is 1. The number of rotatable bonds is 2. The first-order valence-corrected chi connectivity index (χ1v) is 5.36. The van der Waals surface area contributed by atoms with E-state index in [1.54, 1.807) is 13.8 Å². The van der Waals surface area contributed by atoms with Gasteiger partial charge in [0.05, 0.1) is 0 Å². The molecule has 1 rings (SSSR count). The molecule has 0 aliphatic rings. The minimum atomic E-state index is -5.57. The zero-order valence-electron chi connectivity index (χ0n) is 9.03. The number of hydrogen-bond acceptors (Lipinski definition) is 2. The Bertz CT molecular complexity index is 404. The number of aryl methyl sites for hydroxylation is 2. The van der Waals surface area contributed by atoms with E-state index in [9.17, 15) is 22.0 Å². The molecule has 0 saturated carbocycles. The Morgan fingerprint density at radius 1 is 1.00 bits per heavy atom. The number of nitrogens with two attached hydrogens (primary N) is 1. The molecule has 0 unspecified atom stereocenters. The van der Waals surface area contributed by atoms with Gasteiger partial charge in [-0.25, -0.2) is 0 Å². The fourth-order valence-electron chi connectivity index (χ4n) is 1.20. The molecule has 17 heavy (non-hydrogen) atoms. The molecule has 0 heterocycles. The summed E-state index contributed by atoms with van der Waals surface area (Å²) in [6.07, 6.45) is -5.57. The highest BCUT2D eigenvalue weighted by Gasteiger charge is 2.58. The zero-order chi connectivity index (χ0) is 13.4. The number of hydrogen-bond donors (Lipinski definition) is 1. The van der Waals surface area contributed by atoms with Crippen LogP contribution in [0.5, 0.6) is 0 Å². The number of alkyl halides is 5. The van der Waals surface area contributed by atoms with Crippen molar-refractivity contribution >= 4 is 17.4 Å². The third kappa shape index (κ3) is 3.02. The van der Waals surface area contributed by atoms with Crippen LogP contribution >= 0.6 is 11.8 Å². The van der Waals surface area contributed by atoms with Crippen molar-refractivity contribution in [1.29, 1.82) is 0 Å². The summed E-state index contributed by atoms with van der Waals surface area (Å²) in [5, 5.41) is -4.80. The van der Waals surface area contributed by atoms with Gasteiger partial charge in [-0.15, -0.1) is 0 Å². The molecule has 1 nitrogen and oxygen atoms in total. The molecule has 0 saturated heterocycles. The van der Waals surface area contributed by atoms with E-state index in [0.29, 0.717) is 16.8 Å². The van der Waals surface area contributed by atoms with Gasteiger partial charge in [-0.2, -0.15) is 22.0 Å². The van der Waals surface area contributed by atoms with Gasteiger partial charge in [0, 0.05) is 10.6 Å². The maximum atomic E-state index is 12.8. The Hall–Kier alpha value is -0.980. The summed E-state index contributed by atoms with van der Waals surface area (Å²) in [6.45, 7) is 3.11. The lowest BCUT2D eigenvalue weighted by atomic mass is 10.1. The van der Waals surface area contributed by atoms with Gasteiger partial charge in [0.25, 0.3) is 0 Å². The summed E-state index contributed by atoms with van der Waals surface area (Å²) in [4.78, 5) is -0.156. The Morgan fingerprint density at radius 3 is 1.76 bits per heavy atom. The van der Waals surface area contributed by atoms with Crippen molar-refractivity contribution in [3.63, 3.8) is 0 Å². The maximum absolute atomic E-state index is 12.8. The summed E-state index contributed by atoms with van der Waals surface area (Å²) in [5.74, 6) is 0. The minimum Gasteiger partial charge on any atom is -0.398 e. The second-order valence-corrected chi connectivity index (χ2v) is 4.78. The standard InChI is InChI=1S/C10H10F5NS/c1-5-3-7(4-6(2)8(5)16)17-10(14,15)9(11,12)13/h3-4H,16H2,1-2H3. The SMILES string of the molecule is Cc1cc(SC(F)(F)C(F)(F)F)cc(C)c1N. The van der Waals surface area contributed by atoms with Gasteiger partial charge in [0.1, 0.15) is 0 Å². The largest absolute Gasteiger partial charge is 0.464 e. The van der Waals surface area contributed by atoms with E-state index in [1.807, 2.05) is 0 Å². The molecule has 0 aliphatic carbocycles. The van der Waals surface area contributed by atoms with Gasteiger partial charge in [0.2, 0.25) is 0 Å². The highest BCUT2D eigenvalue weighted by Crippen LogP contribution is 2.48. The zero-order valence-corrected chi connectivity index (χ0v) is 9.85. The van der Waals surface area contributed by atoms with Crippen LogP contribution in [0.4, 0.5) is 27.6 Å². The lowest BCUT2D eigenvalue weighted by Crippen LogP contribution is -2.32. The molecular formula is C10H10F5NS. The second kappa shape index (κ2) is 4.36. The number of halogens is 5. The first kappa shape index (κ1) is 14.1. The molecule has 0 fully saturated rings. The van der Waals surface area contributed by atoms with Crippen molar-refractivity contribution in [2.24, 2.45) is 0 Å². The Labute approximate surface area is 99.2 Å². The summed E-state index contributed by atoms with van der Waals surface area (Å²) in [5.41, 5.74) is 6.93. The molecule has 0 bridgehead atoms. The van der Waals surface area contributed by atoms with Crippen molar-refractivity contribution in [2.75, 3.05) is 5.73 Å². The minimum absolute atomic E-state index is 0.156. The molecule has 0 amide bonds. The van der Waals surface area contributed by atoms with Crippen molar-refractivity contribution in [1.82, 2.24) is 0 Å². The highest BCUT2D eigenvalue weighted by atomic mass is 32.2. The van der Waals surface area contributed by atoms with Crippen LogP contribution in [0.3, 0.4) is 0 Å². The van der Waals surface area contributed by atoms with Gasteiger partial charge in [0.15, 0.2) is 0 Å². The van der Waals surface area contributed by atoms with Crippen molar-refractivity contribution < 1.29 is 22.0 Å². The van der Waals surface area contributed by atoms with Crippen molar-refractivity contribution in [3.8, 4) is 0 Å². The van der Waals surface area contributed by atoms with E-state index in [0.717, 1.165) is 0 Å². The number of nitrogen functional groups attached to an aromatic ring is 1. The van der Waals surface area contributed by atoms with E-state index in [4.69, 9.17) is 5.73 Å². The Balaban J connectivity index is 3.05. The van der Waals surface area contributed by atoms with Gasteiger partial charge in [-0.3, -0.25) is 0 Å². The maximum Gasteiger partial charge on any atom is 0.464 e. The number of benzene rings is 1. The average Bonchev–Trinajstić information content (AvgIpc) is 2.11. The Kier molecular flexibility index (Phi) is 3.61. The smallest absolute Gasteiger partial charge is 0.398 e. The lowest BCUT2D eigenvalue weighted by molar-refractivity contribution is -0.237. The topological polar surface area (TPSA) is 26.0 Å². The first-order valence-electron chi connectivity index (χ1n) is 4.55. The highest BCUT2D eigenvalue weighted by molar-refractivity contribution is 8.00. The van der Waals surface area contributed by atoms with Gasteiger partial charge in [-0.05, 0) is 48.9 Å². The first-order chi connectivity index (χ1) is 7.54. The van der Waals surface area contributed by atoms with Crippen molar-refractivity contribution in [2.45, 2.75) is 30.2 Å². The Morgan fingerprint density at radius 2 is 1.41 bits per heavy atom. The molecule has 1 aromatic rings. The van der Waals surface area contributed by atoms with Gasteiger partial charge < -0.3 is 5.73 Å². The van der Waals surface area contributed by atoms with Crippen LogP contribution in [-0.2, 0) is 0 Å². The van der Waals surface area contributed by atoms with Crippen molar-refractivity contribution in [3.05, 3.63) is 23.3 Å². The molecule has 1 aromatic carbocycles. The van der Waals surface area contributed by atoms with Gasteiger partial charge >= 0.3 is 11.4 Å². The lowest BCUT2D eigenvalue weighted by Gasteiger charge is -2.19. The van der Waals surface area contributed by atoms with Crippen LogP contribution in [0.15, 0.2) is 17.0 Å². The molecule has 96 valence electrons. The van der Waals surface area contributed by atoms with Crippen LogP contribution in [0.1, 0.15) is 11.1 Å². The molecule has 2 N–H and O–H groups in total. The molecule has 0 aromatic heterocycles. The van der Waals surface area contributed by atoms with Gasteiger partial charge in [-0.1, -0.05) is 0 Å². The van der Waals surface area contributed by atoms with Crippen LogP contribution in [-0.4, -0.2) is 11.4 Å². The van der Waals surface area contributed by atoms with Crippen LogP contribution < -0.4 is 5.73 Å². The summed E-state index contributed by atoms with van der Waals surface area (Å²) in [7, 11) is 0. The molecule has 7 heteroatoms. The predicted molar refractivity (Wildman–Crippen MR) is 57.2 cm³/mol.